The first-order chi connectivity index (χ1) is 9.90. The quantitative estimate of drug-likeness (QED) is 0.796. The fourth-order valence-corrected chi connectivity index (χ4v) is 4.17. The second-order valence-electron chi connectivity index (χ2n) is 4.85. The first-order valence-corrected chi connectivity index (χ1v) is 8.77. The lowest BCUT2D eigenvalue weighted by molar-refractivity contribution is 0.574. The Labute approximate surface area is 133 Å². The highest BCUT2D eigenvalue weighted by atomic mass is 79.9. The van der Waals surface area contributed by atoms with Gasteiger partial charge in [0.15, 0.2) is 0 Å². The molecule has 3 N–H and O–H groups in total. The summed E-state index contributed by atoms with van der Waals surface area (Å²) in [5, 5.41) is 0. The second-order valence-corrected chi connectivity index (χ2v) is 7.44. The van der Waals surface area contributed by atoms with Gasteiger partial charge in [-0.25, -0.2) is 13.1 Å². The number of benzene rings is 2. The van der Waals surface area contributed by atoms with E-state index in [1.165, 1.54) is 6.07 Å². The van der Waals surface area contributed by atoms with Crippen molar-refractivity contribution < 1.29 is 8.42 Å². The molecule has 4 nitrogen and oxygen atoms in total. The third-order valence-electron chi connectivity index (χ3n) is 3.19. The van der Waals surface area contributed by atoms with Crippen molar-refractivity contribution in [2.45, 2.75) is 17.7 Å². The molecule has 0 saturated carbocycles. The summed E-state index contributed by atoms with van der Waals surface area (Å²) < 4.78 is 27.7. The molecule has 2 rings (SSSR count). The molecule has 0 radical (unpaired) electrons. The van der Waals surface area contributed by atoms with Crippen LogP contribution in [-0.2, 0) is 10.0 Å². The van der Waals surface area contributed by atoms with Crippen LogP contribution in [0.3, 0.4) is 0 Å². The number of nitrogens with one attached hydrogen (secondary N) is 1. The van der Waals surface area contributed by atoms with Gasteiger partial charge < -0.3 is 5.73 Å². The number of rotatable bonds is 5. The molecule has 112 valence electrons. The molecule has 0 aliphatic rings. The van der Waals surface area contributed by atoms with E-state index >= 15 is 0 Å². The molecule has 0 amide bonds. The first kappa shape index (κ1) is 16.0. The molecular formula is C15H17BrN2O2S. The smallest absolute Gasteiger partial charge is 0.241 e. The summed E-state index contributed by atoms with van der Waals surface area (Å²) in [6.07, 6.45) is 0. The maximum absolute atomic E-state index is 12.3. The van der Waals surface area contributed by atoms with Crippen molar-refractivity contribution in [2.24, 2.45) is 0 Å². The fourth-order valence-electron chi connectivity index (χ4n) is 1.95. The molecule has 0 fully saturated rings. The number of nitrogens with two attached hydrogens (primary N) is 1. The lowest BCUT2D eigenvalue weighted by Crippen LogP contribution is -2.28. The first-order valence-electron chi connectivity index (χ1n) is 6.50. The largest absolute Gasteiger partial charge is 0.399 e. The summed E-state index contributed by atoms with van der Waals surface area (Å²) in [5.41, 5.74) is 7.23. The van der Waals surface area contributed by atoms with Gasteiger partial charge in [0.1, 0.15) is 0 Å². The third kappa shape index (κ3) is 4.06. The number of hydrogen-bond donors (Lipinski definition) is 2. The van der Waals surface area contributed by atoms with Crippen LogP contribution >= 0.6 is 15.9 Å². The van der Waals surface area contributed by atoms with E-state index in [1.807, 2.05) is 37.3 Å². The standard InChI is InChI=1S/C15H17BrN2O2S/c1-11(12-5-3-2-4-6-12)10-18-21(19,20)15-8-7-13(17)9-14(15)16/h2-9,11,18H,10,17H2,1H3. The summed E-state index contributed by atoms with van der Waals surface area (Å²) in [7, 11) is -3.56. The molecule has 0 aliphatic carbocycles. The summed E-state index contributed by atoms with van der Waals surface area (Å²) in [6, 6.07) is 14.4. The second kappa shape index (κ2) is 6.60. The molecule has 0 aromatic heterocycles. The Hall–Kier alpha value is -1.37. The number of anilines is 1. The molecule has 0 spiro atoms. The van der Waals surface area contributed by atoms with Crippen LogP contribution in [0, 0.1) is 0 Å². The highest BCUT2D eigenvalue weighted by Crippen LogP contribution is 2.24. The van der Waals surface area contributed by atoms with Gasteiger partial charge in [0.25, 0.3) is 0 Å². The maximum atomic E-state index is 12.3. The minimum Gasteiger partial charge on any atom is -0.399 e. The topological polar surface area (TPSA) is 72.2 Å². The van der Waals surface area contributed by atoms with Gasteiger partial charge in [-0.1, -0.05) is 37.3 Å². The average Bonchev–Trinajstić information content (AvgIpc) is 2.45. The number of hydrogen-bond acceptors (Lipinski definition) is 3. The van der Waals surface area contributed by atoms with Crippen molar-refractivity contribution in [3.8, 4) is 0 Å². The zero-order valence-electron chi connectivity index (χ0n) is 11.6. The van der Waals surface area contributed by atoms with E-state index in [0.29, 0.717) is 16.7 Å². The van der Waals surface area contributed by atoms with Crippen LogP contribution in [0.2, 0.25) is 0 Å². The molecular weight excluding hydrogens is 352 g/mol. The Bertz CT molecular complexity index is 718. The summed E-state index contributed by atoms with van der Waals surface area (Å²) in [5.74, 6) is 0.0912. The Kier molecular flexibility index (Phi) is 5.03. The van der Waals surface area contributed by atoms with Gasteiger partial charge in [-0.2, -0.15) is 0 Å². The van der Waals surface area contributed by atoms with E-state index in [-0.39, 0.29) is 10.8 Å². The zero-order chi connectivity index (χ0) is 15.5. The highest BCUT2D eigenvalue weighted by molar-refractivity contribution is 9.10. The van der Waals surface area contributed by atoms with Crippen molar-refractivity contribution in [3.63, 3.8) is 0 Å². The van der Waals surface area contributed by atoms with Gasteiger partial charge in [-0.05, 0) is 45.6 Å². The van der Waals surface area contributed by atoms with Gasteiger partial charge in [0, 0.05) is 16.7 Å². The predicted molar refractivity (Wildman–Crippen MR) is 88.6 cm³/mol. The van der Waals surface area contributed by atoms with Crippen LogP contribution < -0.4 is 10.5 Å². The Morgan fingerprint density at radius 1 is 1.19 bits per heavy atom. The summed E-state index contributed by atoms with van der Waals surface area (Å²) >= 11 is 3.24. The van der Waals surface area contributed by atoms with Crippen molar-refractivity contribution in [1.29, 1.82) is 0 Å². The van der Waals surface area contributed by atoms with Gasteiger partial charge in [-0.3, -0.25) is 0 Å². The van der Waals surface area contributed by atoms with Crippen molar-refractivity contribution in [2.75, 3.05) is 12.3 Å². The molecule has 1 atom stereocenters. The Morgan fingerprint density at radius 2 is 1.86 bits per heavy atom. The molecule has 0 aliphatic heterocycles. The molecule has 6 heteroatoms. The van der Waals surface area contributed by atoms with Crippen molar-refractivity contribution >= 4 is 31.6 Å². The normalized spacial score (nSPS) is 13.0. The van der Waals surface area contributed by atoms with Crippen LogP contribution in [0.1, 0.15) is 18.4 Å². The lowest BCUT2D eigenvalue weighted by Gasteiger charge is -2.14. The van der Waals surface area contributed by atoms with E-state index in [1.54, 1.807) is 12.1 Å². The van der Waals surface area contributed by atoms with E-state index in [2.05, 4.69) is 20.7 Å². The van der Waals surface area contributed by atoms with Crippen LogP contribution in [-0.4, -0.2) is 15.0 Å². The van der Waals surface area contributed by atoms with E-state index in [0.717, 1.165) is 5.56 Å². The van der Waals surface area contributed by atoms with Gasteiger partial charge >= 0.3 is 0 Å². The number of halogens is 1. The molecule has 2 aromatic rings. The maximum Gasteiger partial charge on any atom is 0.241 e. The Balaban J connectivity index is 2.11. The van der Waals surface area contributed by atoms with Gasteiger partial charge in [0.05, 0.1) is 4.90 Å². The molecule has 21 heavy (non-hydrogen) atoms. The van der Waals surface area contributed by atoms with Crippen LogP contribution in [0.25, 0.3) is 0 Å². The lowest BCUT2D eigenvalue weighted by atomic mass is 10.0. The van der Waals surface area contributed by atoms with Crippen LogP contribution in [0.5, 0.6) is 0 Å². The van der Waals surface area contributed by atoms with E-state index in [9.17, 15) is 8.42 Å². The van der Waals surface area contributed by atoms with Crippen molar-refractivity contribution in [3.05, 3.63) is 58.6 Å². The van der Waals surface area contributed by atoms with Crippen molar-refractivity contribution in [1.82, 2.24) is 4.72 Å². The zero-order valence-corrected chi connectivity index (χ0v) is 14.0. The minimum absolute atomic E-state index is 0.0912. The number of nitrogen functional groups attached to an aromatic ring is 1. The summed E-state index contributed by atoms with van der Waals surface area (Å²) in [6.45, 7) is 2.32. The SMILES string of the molecule is CC(CNS(=O)(=O)c1ccc(N)cc1Br)c1ccccc1. The highest BCUT2D eigenvalue weighted by Gasteiger charge is 2.18. The molecule has 0 heterocycles. The molecule has 0 saturated heterocycles. The fraction of sp³-hybridized carbons (Fsp3) is 0.200. The molecule has 1 unspecified atom stereocenters. The van der Waals surface area contributed by atoms with Crippen LogP contribution in [0.4, 0.5) is 5.69 Å². The number of sulfonamides is 1. The third-order valence-corrected chi connectivity index (χ3v) is 5.59. The molecule has 2 aromatic carbocycles. The average molecular weight is 369 g/mol. The monoisotopic (exact) mass is 368 g/mol. The van der Waals surface area contributed by atoms with E-state index in [4.69, 9.17) is 5.73 Å². The van der Waals surface area contributed by atoms with Gasteiger partial charge in [-0.15, -0.1) is 0 Å². The summed E-state index contributed by atoms with van der Waals surface area (Å²) in [4.78, 5) is 0.192. The minimum atomic E-state index is -3.56. The molecule has 0 bridgehead atoms. The predicted octanol–water partition coefficient (Wildman–Crippen LogP) is 3.11. The Morgan fingerprint density at radius 3 is 2.48 bits per heavy atom. The van der Waals surface area contributed by atoms with Crippen LogP contribution in [0.15, 0.2) is 57.9 Å². The van der Waals surface area contributed by atoms with E-state index < -0.39 is 10.0 Å². The van der Waals surface area contributed by atoms with Gasteiger partial charge in [0.2, 0.25) is 10.0 Å².